The number of phenols is 1. The number of nitrogens with zero attached hydrogens (tertiary/aromatic N) is 2. The molecule has 0 saturated carbocycles. The highest BCUT2D eigenvalue weighted by atomic mass is 16.5. The van der Waals surface area contributed by atoms with E-state index in [-0.39, 0.29) is 5.75 Å². The number of morpholine rings is 1. The molecule has 0 aliphatic carbocycles. The van der Waals surface area contributed by atoms with Crippen molar-refractivity contribution in [2.24, 2.45) is 4.99 Å². The average Bonchev–Trinajstić information content (AvgIpc) is 2.62. The first-order chi connectivity index (χ1) is 11.8. The molecule has 0 amide bonds. The molecule has 0 radical (unpaired) electrons. The average molecular weight is 326 g/mol. The van der Waals surface area contributed by atoms with Crippen molar-refractivity contribution in [1.82, 2.24) is 0 Å². The molecule has 3 rings (SSSR count). The first-order valence-electron chi connectivity index (χ1n) is 8.19. The lowest BCUT2D eigenvalue weighted by molar-refractivity contribution is 0.122. The highest BCUT2D eigenvalue weighted by Crippen LogP contribution is 2.24. The van der Waals surface area contributed by atoms with Crippen LogP contribution in [0.3, 0.4) is 0 Å². The van der Waals surface area contributed by atoms with E-state index >= 15 is 0 Å². The van der Waals surface area contributed by atoms with Gasteiger partial charge in [-0.2, -0.15) is 0 Å². The Hall–Kier alpha value is -2.53. The van der Waals surface area contributed by atoms with Crippen molar-refractivity contribution < 1.29 is 14.6 Å². The number of rotatable bonds is 5. The fraction of sp³-hybridized carbons (Fsp3) is 0.316. The van der Waals surface area contributed by atoms with Gasteiger partial charge in [0.2, 0.25) is 0 Å². The van der Waals surface area contributed by atoms with Gasteiger partial charge in [0.25, 0.3) is 0 Å². The maximum Gasteiger partial charge on any atom is 0.128 e. The number of hydrogen-bond acceptors (Lipinski definition) is 5. The van der Waals surface area contributed by atoms with E-state index in [1.807, 2.05) is 25.1 Å². The standard InChI is InChI=1S/C19H22N2O3/c1-2-24-18-8-3-15(19(22)13-18)14-20-16-4-6-17(7-5-16)21-9-11-23-12-10-21/h3-8,13-14,22H,2,9-12H2,1H3. The van der Waals surface area contributed by atoms with Crippen LogP contribution in [0.25, 0.3) is 0 Å². The second-order valence-electron chi connectivity index (χ2n) is 5.53. The Labute approximate surface area is 142 Å². The molecule has 0 aromatic heterocycles. The van der Waals surface area contributed by atoms with Crippen LogP contribution < -0.4 is 9.64 Å². The summed E-state index contributed by atoms with van der Waals surface area (Å²) in [5, 5.41) is 10.0. The largest absolute Gasteiger partial charge is 0.507 e. The zero-order chi connectivity index (χ0) is 16.8. The molecule has 1 aliphatic rings. The Balaban J connectivity index is 1.68. The molecule has 5 heteroatoms. The van der Waals surface area contributed by atoms with Crippen molar-refractivity contribution in [2.75, 3.05) is 37.8 Å². The van der Waals surface area contributed by atoms with Gasteiger partial charge in [-0.15, -0.1) is 0 Å². The van der Waals surface area contributed by atoms with E-state index in [1.54, 1.807) is 18.3 Å². The molecule has 5 nitrogen and oxygen atoms in total. The van der Waals surface area contributed by atoms with E-state index in [2.05, 4.69) is 22.0 Å². The van der Waals surface area contributed by atoms with Crippen molar-refractivity contribution in [2.45, 2.75) is 6.92 Å². The molecule has 1 fully saturated rings. The van der Waals surface area contributed by atoms with Crippen LogP contribution in [0.2, 0.25) is 0 Å². The van der Waals surface area contributed by atoms with Crippen molar-refractivity contribution >= 4 is 17.6 Å². The summed E-state index contributed by atoms with van der Waals surface area (Å²) in [6, 6.07) is 13.3. The maximum atomic E-state index is 10.0. The monoisotopic (exact) mass is 326 g/mol. The highest BCUT2D eigenvalue weighted by molar-refractivity contribution is 5.85. The number of hydrogen-bond donors (Lipinski definition) is 1. The van der Waals surface area contributed by atoms with Crippen LogP contribution in [0.1, 0.15) is 12.5 Å². The van der Waals surface area contributed by atoms with Gasteiger partial charge in [-0.1, -0.05) is 0 Å². The van der Waals surface area contributed by atoms with Crippen LogP contribution in [-0.4, -0.2) is 44.2 Å². The van der Waals surface area contributed by atoms with E-state index in [9.17, 15) is 5.11 Å². The molecule has 0 bridgehead atoms. The van der Waals surface area contributed by atoms with Crippen molar-refractivity contribution in [1.29, 1.82) is 0 Å². The lowest BCUT2D eigenvalue weighted by Crippen LogP contribution is -2.36. The summed E-state index contributed by atoms with van der Waals surface area (Å²) in [7, 11) is 0. The quantitative estimate of drug-likeness (QED) is 0.856. The molecular formula is C19H22N2O3. The number of aromatic hydroxyl groups is 1. The third-order valence-corrected chi connectivity index (χ3v) is 3.89. The lowest BCUT2D eigenvalue weighted by Gasteiger charge is -2.28. The Bertz CT molecular complexity index is 692. The summed E-state index contributed by atoms with van der Waals surface area (Å²) in [5.41, 5.74) is 2.69. The summed E-state index contributed by atoms with van der Waals surface area (Å²) in [4.78, 5) is 6.73. The number of aliphatic imine (C=N–C) groups is 1. The number of anilines is 1. The molecule has 2 aromatic rings. The van der Waals surface area contributed by atoms with E-state index in [0.29, 0.717) is 17.9 Å². The van der Waals surface area contributed by atoms with E-state index in [4.69, 9.17) is 9.47 Å². The molecule has 0 unspecified atom stereocenters. The molecule has 126 valence electrons. The maximum absolute atomic E-state index is 10.0. The molecule has 1 heterocycles. The predicted molar refractivity (Wildman–Crippen MR) is 96.0 cm³/mol. The van der Waals surface area contributed by atoms with Crippen LogP contribution in [0.15, 0.2) is 47.5 Å². The van der Waals surface area contributed by atoms with Crippen LogP contribution >= 0.6 is 0 Å². The van der Waals surface area contributed by atoms with Crippen molar-refractivity contribution in [3.63, 3.8) is 0 Å². The SMILES string of the molecule is CCOc1ccc(C=Nc2ccc(N3CCOCC3)cc2)c(O)c1. The molecule has 1 saturated heterocycles. The van der Waals surface area contributed by atoms with Gasteiger partial charge in [-0.3, -0.25) is 4.99 Å². The summed E-state index contributed by atoms with van der Waals surface area (Å²) >= 11 is 0. The molecular weight excluding hydrogens is 304 g/mol. The lowest BCUT2D eigenvalue weighted by atomic mass is 10.2. The van der Waals surface area contributed by atoms with Crippen molar-refractivity contribution in [3.05, 3.63) is 48.0 Å². The van der Waals surface area contributed by atoms with Gasteiger partial charge in [-0.05, 0) is 43.3 Å². The Morgan fingerprint density at radius 1 is 1.17 bits per heavy atom. The van der Waals surface area contributed by atoms with Crippen molar-refractivity contribution in [3.8, 4) is 11.5 Å². The second kappa shape index (κ2) is 7.84. The topological polar surface area (TPSA) is 54.3 Å². The fourth-order valence-electron chi connectivity index (χ4n) is 2.60. The van der Waals surface area contributed by atoms with E-state index < -0.39 is 0 Å². The van der Waals surface area contributed by atoms with Crippen LogP contribution in [-0.2, 0) is 4.74 Å². The predicted octanol–water partition coefficient (Wildman–Crippen LogP) is 3.38. The summed E-state index contributed by atoms with van der Waals surface area (Å²) in [5.74, 6) is 0.816. The third kappa shape index (κ3) is 4.06. The zero-order valence-electron chi connectivity index (χ0n) is 13.8. The zero-order valence-corrected chi connectivity index (χ0v) is 13.8. The third-order valence-electron chi connectivity index (χ3n) is 3.89. The van der Waals surface area contributed by atoms with Gasteiger partial charge >= 0.3 is 0 Å². The normalized spacial score (nSPS) is 15.0. The molecule has 24 heavy (non-hydrogen) atoms. The van der Waals surface area contributed by atoms with Gasteiger partial charge in [0, 0.05) is 36.6 Å². The highest BCUT2D eigenvalue weighted by Gasteiger charge is 2.10. The van der Waals surface area contributed by atoms with Crippen LogP contribution in [0, 0.1) is 0 Å². The minimum atomic E-state index is 0.162. The minimum absolute atomic E-state index is 0.162. The Morgan fingerprint density at radius 3 is 2.58 bits per heavy atom. The Kier molecular flexibility index (Phi) is 5.33. The molecule has 2 aromatic carbocycles. The summed E-state index contributed by atoms with van der Waals surface area (Å²) in [6.45, 7) is 5.87. The van der Waals surface area contributed by atoms with Gasteiger partial charge < -0.3 is 19.5 Å². The van der Waals surface area contributed by atoms with E-state index in [1.165, 1.54) is 5.69 Å². The van der Waals surface area contributed by atoms with Crippen LogP contribution in [0.4, 0.5) is 11.4 Å². The van der Waals surface area contributed by atoms with Gasteiger partial charge in [0.15, 0.2) is 0 Å². The van der Waals surface area contributed by atoms with Gasteiger partial charge in [0.1, 0.15) is 11.5 Å². The molecule has 0 atom stereocenters. The second-order valence-corrected chi connectivity index (χ2v) is 5.53. The van der Waals surface area contributed by atoms with Crippen LogP contribution in [0.5, 0.6) is 11.5 Å². The number of phenolic OH excluding ortho intramolecular Hbond substituents is 1. The van der Waals surface area contributed by atoms with Gasteiger partial charge in [-0.25, -0.2) is 0 Å². The number of ether oxygens (including phenoxy) is 2. The Morgan fingerprint density at radius 2 is 1.92 bits per heavy atom. The van der Waals surface area contributed by atoms with Gasteiger partial charge in [0.05, 0.1) is 25.5 Å². The smallest absolute Gasteiger partial charge is 0.128 e. The summed E-state index contributed by atoms with van der Waals surface area (Å²) < 4.78 is 10.7. The first-order valence-corrected chi connectivity index (χ1v) is 8.19. The first kappa shape index (κ1) is 16.3. The number of benzene rings is 2. The summed E-state index contributed by atoms with van der Waals surface area (Å²) in [6.07, 6.45) is 1.66. The fourth-order valence-corrected chi connectivity index (χ4v) is 2.60. The molecule has 0 spiro atoms. The molecule has 1 aliphatic heterocycles. The molecule has 1 N–H and O–H groups in total. The minimum Gasteiger partial charge on any atom is -0.507 e. The van der Waals surface area contributed by atoms with E-state index in [0.717, 1.165) is 32.0 Å².